The van der Waals surface area contributed by atoms with Crippen molar-refractivity contribution in [2.24, 2.45) is 5.92 Å². The van der Waals surface area contributed by atoms with Crippen LogP contribution in [-0.4, -0.2) is 10.5 Å². The van der Waals surface area contributed by atoms with Gasteiger partial charge in [-0.2, -0.15) is 0 Å². The van der Waals surface area contributed by atoms with Crippen molar-refractivity contribution in [3.05, 3.63) is 15.6 Å². The Kier molecular flexibility index (Phi) is 3.60. The number of hydrogen-bond acceptors (Lipinski definition) is 3. The zero-order chi connectivity index (χ0) is 12.6. The summed E-state index contributed by atoms with van der Waals surface area (Å²) in [5.41, 5.74) is 1.49. The molecule has 3 heteroatoms. The van der Waals surface area contributed by atoms with E-state index in [0.717, 1.165) is 24.8 Å². The Morgan fingerprint density at radius 3 is 2.53 bits per heavy atom. The fourth-order valence-corrected chi connectivity index (χ4v) is 3.33. The summed E-state index contributed by atoms with van der Waals surface area (Å²) < 4.78 is 0. The summed E-state index contributed by atoms with van der Waals surface area (Å²) in [6.45, 7) is 12.1. The van der Waals surface area contributed by atoms with Gasteiger partial charge in [0.05, 0.1) is 10.7 Å². The van der Waals surface area contributed by atoms with Gasteiger partial charge in [0.2, 0.25) is 0 Å². The Hall–Kier alpha value is -0.410. The van der Waals surface area contributed by atoms with Gasteiger partial charge >= 0.3 is 0 Å². The van der Waals surface area contributed by atoms with Crippen LogP contribution < -0.4 is 5.32 Å². The first-order valence-corrected chi connectivity index (χ1v) is 7.46. The molecule has 1 saturated carbocycles. The molecular weight excluding hydrogens is 228 g/mol. The topological polar surface area (TPSA) is 24.9 Å². The fraction of sp³-hybridized carbons (Fsp3) is 0.786. The average molecular weight is 252 g/mol. The van der Waals surface area contributed by atoms with Gasteiger partial charge in [0, 0.05) is 22.9 Å². The normalized spacial score (nSPS) is 24.1. The second-order valence-electron chi connectivity index (χ2n) is 6.20. The molecule has 0 aliphatic heterocycles. The van der Waals surface area contributed by atoms with Crippen molar-refractivity contribution in [1.29, 1.82) is 0 Å². The van der Waals surface area contributed by atoms with E-state index in [9.17, 15) is 0 Å². The highest BCUT2D eigenvalue weighted by molar-refractivity contribution is 7.11. The Balaban J connectivity index is 2.07. The van der Waals surface area contributed by atoms with E-state index in [4.69, 9.17) is 4.98 Å². The standard InChI is InChI=1S/C14H24N2S/c1-6-11-12(8-15-14(3,4)5)17-13(16-11)10-7-9(10)2/h9-10,15H,6-8H2,1-5H3. The third-order valence-corrected chi connectivity index (χ3v) is 4.57. The lowest BCUT2D eigenvalue weighted by Gasteiger charge is -2.20. The third-order valence-electron chi connectivity index (χ3n) is 3.34. The molecule has 0 bridgehead atoms. The van der Waals surface area contributed by atoms with Gasteiger partial charge in [-0.1, -0.05) is 13.8 Å². The molecule has 2 nitrogen and oxygen atoms in total. The summed E-state index contributed by atoms with van der Waals surface area (Å²) in [5, 5.41) is 4.94. The van der Waals surface area contributed by atoms with Crippen molar-refractivity contribution >= 4 is 11.3 Å². The van der Waals surface area contributed by atoms with E-state index in [1.165, 1.54) is 22.0 Å². The molecule has 1 N–H and O–H groups in total. The zero-order valence-corrected chi connectivity index (χ0v) is 12.4. The van der Waals surface area contributed by atoms with Crippen molar-refractivity contribution in [2.45, 2.75) is 65.5 Å². The SMILES string of the molecule is CCc1nc(C2CC2C)sc1CNC(C)(C)C. The summed E-state index contributed by atoms with van der Waals surface area (Å²) in [6.07, 6.45) is 2.39. The van der Waals surface area contributed by atoms with E-state index >= 15 is 0 Å². The number of aromatic nitrogens is 1. The molecule has 0 amide bonds. The first kappa shape index (κ1) is 13.0. The molecule has 1 aromatic rings. The van der Waals surface area contributed by atoms with Crippen molar-refractivity contribution in [2.75, 3.05) is 0 Å². The van der Waals surface area contributed by atoms with Crippen LogP contribution in [0.2, 0.25) is 0 Å². The lowest BCUT2D eigenvalue weighted by Crippen LogP contribution is -2.35. The smallest absolute Gasteiger partial charge is 0.0965 e. The number of nitrogens with zero attached hydrogens (tertiary/aromatic N) is 1. The summed E-state index contributed by atoms with van der Waals surface area (Å²) >= 11 is 1.93. The molecule has 1 fully saturated rings. The van der Waals surface area contributed by atoms with Crippen LogP contribution in [0, 0.1) is 5.92 Å². The zero-order valence-electron chi connectivity index (χ0n) is 11.6. The number of hydrogen-bond donors (Lipinski definition) is 1. The number of rotatable bonds is 4. The maximum absolute atomic E-state index is 4.82. The van der Waals surface area contributed by atoms with Gasteiger partial charge in [0.25, 0.3) is 0 Å². The van der Waals surface area contributed by atoms with Crippen molar-refractivity contribution in [3.63, 3.8) is 0 Å². The summed E-state index contributed by atoms with van der Waals surface area (Å²) in [5.74, 6) is 1.61. The van der Waals surface area contributed by atoms with Crippen molar-refractivity contribution < 1.29 is 0 Å². The minimum Gasteiger partial charge on any atom is -0.307 e. The molecule has 2 unspecified atom stereocenters. The Morgan fingerprint density at radius 1 is 1.41 bits per heavy atom. The Labute approximate surface area is 109 Å². The highest BCUT2D eigenvalue weighted by Crippen LogP contribution is 2.48. The predicted molar refractivity (Wildman–Crippen MR) is 74.6 cm³/mol. The molecule has 2 atom stereocenters. The van der Waals surface area contributed by atoms with Crippen LogP contribution >= 0.6 is 11.3 Å². The molecule has 0 saturated heterocycles. The molecule has 17 heavy (non-hydrogen) atoms. The Morgan fingerprint density at radius 2 is 2.06 bits per heavy atom. The first-order valence-electron chi connectivity index (χ1n) is 6.64. The van der Waals surface area contributed by atoms with Gasteiger partial charge in [-0.05, 0) is 39.5 Å². The monoisotopic (exact) mass is 252 g/mol. The second kappa shape index (κ2) is 4.69. The van der Waals surface area contributed by atoms with Gasteiger partial charge in [0.15, 0.2) is 0 Å². The minimum atomic E-state index is 0.183. The van der Waals surface area contributed by atoms with E-state index in [2.05, 4.69) is 39.9 Å². The lowest BCUT2D eigenvalue weighted by molar-refractivity contribution is 0.425. The molecule has 1 aliphatic rings. The average Bonchev–Trinajstić information content (AvgIpc) is 2.81. The molecular formula is C14H24N2S. The van der Waals surface area contributed by atoms with Gasteiger partial charge < -0.3 is 5.32 Å². The Bertz CT molecular complexity index is 389. The van der Waals surface area contributed by atoms with Crippen molar-refractivity contribution in [3.8, 4) is 0 Å². The summed E-state index contributed by atoms with van der Waals surface area (Å²) in [4.78, 5) is 6.26. The molecule has 1 heterocycles. The van der Waals surface area contributed by atoms with E-state index in [0.29, 0.717) is 0 Å². The van der Waals surface area contributed by atoms with Crippen LogP contribution in [0.4, 0.5) is 0 Å². The molecule has 96 valence electrons. The van der Waals surface area contributed by atoms with Crippen LogP contribution in [0.15, 0.2) is 0 Å². The van der Waals surface area contributed by atoms with Gasteiger partial charge in [-0.3, -0.25) is 0 Å². The predicted octanol–water partition coefficient (Wildman–Crippen LogP) is 3.72. The highest BCUT2D eigenvalue weighted by atomic mass is 32.1. The molecule has 0 aromatic carbocycles. The minimum absolute atomic E-state index is 0.183. The maximum Gasteiger partial charge on any atom is 0.0965 e. The highest BCUT2D eigenvalue weighted by Gasteiger charge is 2.37. The second-order valence-corrected chi connectivity index (χ2v) is 7.31. The third kappa shape index (κ3) is 3.29. The maximum atomic E-state index is 4.82. The summed E-state index contributed by atoms with van der Waals surface area (Å²) in [7, 11) is 0. The van der Waals surface area contributed by atoms with Crippen LogP contribution in [0.1, 0.15) is 62.5 Å². The van der Waals surface area contributed by atoms with Gasteiger partial charge in [-0.15, -0.1) is 11.3 Å². The lowest BCUT2D eigenvalue weighted by atomic mass is 10.1. The molecule has 2 rings (SSSR count). The van der Waals surface area contributed by atoms with Gasteiger partial charge in [-0.25, -0.2) is 4.98 Å². The molecule has 1 aliphatic carbocycles. The number of thiazole rings is 1. The van der Waals surface area contributed by atoms with Crippen LogP contribution in [0.3, 0.4) is 0 Å². The summed E-state index contributed by atoms with van der Waals surface area (Å²) in [6, 6.07) is 0. The van der Waals surface area contributed by atoms with Crippen molar-refractivity contribution in [1.82, 2.24) is 10.3 Å². The van der Waals surface area contributed by atoms with Gasteiger partial charge in [0.1, 0.15) is 0 Å². The van der Waals surface area contributed by atoms with Crippen LogP contribution in [0.5, 0.6) is 0 Å². The number of nitrogens with one attached hydrogen (secondary N) is 1. The van der Waals surface area contributed by atoms with Crippen LogP contribution in [-0.2, 0) is 13.0 Å². The number of aryl methyl sites for hydroxylation is 1. The largest absolute Gasteiger partial charge is 0.307 e. The van der Waals surface area contributed by atoms with E-state index in [1.54, 1.807) is 0 Å². The van der Waals surface area contributed by atoms with E-state index in [1.807, 2.05) is 11.3 Å². The van der Waals surface area contributed by atoms with E-state index < -0.39 is 0 Å². The molecule has 0 spiro atoms. The quantitative estimate of drug-likeness (QED) is 0.883. The van der Waals surface area contributed by atoms with E-state index in [-0.39, 0.29) is 5.54 Å². The first-order chi connectivity index (χ1) is 7.90. The fourth-order valence-electron chi connectivity index (χ4n) is 1.99. The molecule has 0 radical (unpaired) electrons. The van der Waals surface area contributed by atoms with Crippen LogP contribution in [0.25, 0.3) is 0 Å². The molecule has 1 aromatic heterocycles.